The summed E-state index contributed by atoms with van der Waals surface area (Å²) >= 11 is 0. The third-order valence-corrected chi connectivity index (χ3v) is 14.9. The zero-order valence-electron chi connectivity index (χ0n) is 41.0. The van der Waals surface area contributed by atoms with Crippen molar-refractivity contribution >= 4 is 60.8 Å². The molecule has 75 heavy (non-hydrogen) atoms. The maximum atomic E-state index is 6.53. The molecule has 0 N–H and O–H groups in total. The molecule has 12 aromatic carbocycles. The molecule has 3 nitrogen and oxygen atoms in total. The van der Waals surface area contributed by atoms with Gasteiger partial charge in [0, 0.05) is 49.7 Å². The van der Waals surface area contributed by atoms with Gasteiger partial charge in [0.15, 0.2) is 0 Å². The molecule has 0 aliphatic heterocycles. The van der Waals surface area contributed by atoms with Gasteiger partial charge in [-0.25, -0.2) is 0 Å². The van der Waals surface area contributed by atoms with E-state index in [-0.39, 0.29) is 0 Å². The van der Waals surface area contributed by atoms with Gasteiger partial charge in [-0.05, 0) is 122 Å². The van der Waals surface area contributed by atoms with Gasteiger partial charge in [-0.2, -0.15) is 0 Å². The lowest BCUT2D eigenvalue weighted by molar-refractivity contribution is 0.670. The van der Waals surface area contributed by atoms with Gasteiger partial charge in [0.25, 0.3) is 0 Å². The average molecular weight is 957 g/mol. The van der Waals surface area contributed by atoms with Gasteiger partial charge in [0.2, 0.25) is 0 Å². The third-order valence-electron chi connectivity index (χ3n) is 14.9. The predicted octanol–water partition coefficient (Wildman–Crippen LogP) is 20.2. The molecule has 0 aliphatic carbocycles. The summed E-state index contributed by atoms with van der Waals surface area (Å²) in [5.74, 6) is 0. The van der Waals surface area contributed by atoms with Crippen molar-refractivity contribution in [3.63, 3.8) is 0 Å². The summed E-state index contributed by atoms with van der Waals surface area (Å²) in [6, 6.07) is 105. The molecule has 0 saturated carbocycles. The number of nitrogens with zero attached hydrogens (tertiary/aromatic N) is 2. The van der Waals surface area contributed by atoms with Crippen molar-refractivity contribution in [3.05, 3.63) is 291 Å². The Hall–Kier alpha value is -9.96. The summed E-state index contributed by atoms with van der Waals surface area (Å²) in [5.41, 5.74) is 22.5. The zero-order chi connectivity index (χ0) is 49.7. The van der Waals surface area contributed by atoms with Crippen molar-refractivity contribution in [2.75, 3.05) is 4.90 Å². The van der Waals surface area contributed by atoms with Crippen molar-refractivity contribution in [2.45, 2.75) is 0 Å². The van der Waals surface area contributed by atoms with Crippen molar-refractivity contribution in [1.82, 2.24) is 4.57 Å². The largest absolute Gasteiger partial charge is 0.455 e. The highest BCUT2D eigenvalue weighted by Crippen LogP contribution is 2.43. The average Bonchev–Trinajstić information content (AvgIpc) is 4.06. The Bertz CT molecular complexity index is 4320. The lowest BCUT2D eigenvalue weighted by Crippen LogP contribution is -2.09. The molecule has 0 radical (unpaired) electrons. The summed E-state index contributed by atoms with van der Waals surface area (Å²) in [7, 11) is 0. The number of rotatable bonds is 10. The van der Waals surface area contributed by atoms with E-state index in [0.717, 1.165) is 72.4 Å². The number of hydrogen-bond donors (Lipinski definition) is 0. The molecular formula is C72H48N2O. The molecule has 2 heterocycles. The first-order valence-corrected chi connectivity index (χ1v) is 25.6. The summed E-state index contributed by atoms with van der Waals surface area (Å²) in [5, 5.41) is 4.77. The Morgan fingerprint density at radius 3 is 1.29 bits per heavy atom. The minimum atomic E-state index is 0.898. The Kier molecular flexibility index (Phi) is 10.8. The van der Waals surface area contributed by atoms with E-state index in [1.54, 1.807) is 0 Å². The third kappa shape index (κ3) is 7.86. The smallest absolute Gasteiger partial charge is 0.143 e. The van der Waals surface area contributed by atoms with Crippen molar-refractivity contribution < 1.29 is 4.42 Å². The maximum absolute atomic E-state index is 6.53. The molecule has 0 atom stereocenters. The highest BCUT2D eigenvalue weighted by molar-refractivity contribution is 6.11. The van der Waals surface area contributed by atoms with Gasteiger partial charge in [-0.15, -0.1) is 0 Å². The summed E-state index contributed by atoms with van der Waals surface area (Å²) in [6.45, 7) is 0. The molecule has 352 valence electrons. The van der Waals surface area contributed by atoms with Crippen LogP contribution in [0.1, 0.15) is 0 Å². The summed E-state index contributed by atoms with van der Waals surface area (Å²) in [4.78, 5) is 2.35. The normalized spacial score (nSPS) is 11.5. The first-order valence-electron chi connectivity index (χ1n) is 25.6. The van der Waals surface area contributed by atoms with Crippen LogP contribution in [0.5, 0.6) is 0 Å². The van der Waals surface area contributed by atoms with Gasteiger partial charge >= 0.3 is 0 Å². The summed E-state index contributed by atoms with van der Waals surface area (Å²) in [6.07, 6.45) is 0. The van der Waals surface area contributed by atoms with Crippen LogP contribution in [0.25, 0.3) is 116 Å². The van der Waals surface area contributed by atoms with Gasteiger partial charge < -0.3 is 13.9 Å². The molecule has 14 aromatic rings. The quantitative estimate of drug-likeness (QED) is 0.136. The van der Waals surface area contributed by atoms with E-state index >= 15 is 0 Å². The van der Waals surface area contributed by atoms with E-state index in [0.29, 0.717) is 0 Å². The predicted molar refractivity (Wildman–Crippen MR) is 315 cm³/mol. The van der Waals surface area contributed by atoms with E-state index in [1.807, 2.05) is 12.1 Å². The number of para-hydroxylation sites is 5. The summed E-state index contributed by atoms with van der Waals surface area (Å²) < 4.78 is 8.94. The van der Waals surface area contributed by atoms with Crippen LogP contribution in [0.3, 0.4) is 0 Å². The van der Waals surface area contributed by atoms with Gasteiger partial charge in [0.05, 0.1) is 16.7 Å². The van der Waals surface area contributed by atoms with Crippen molar-refractivity contribution in [3.8, 4) is 72.4 Å². The second kappa shape index (κ2) is 18.6. The Balaban J connectivity index is 0.809. The monoisotopic (exact) mass is 956 g/mol. The molecule has 0 amide bonds. The van der Waals surface area contributed by atoms with Crippen molar-refractivity contribution in [2.24, 2.45) is 0 Å². The lowest BCUT2D eigenvalue weighted by atomic mass is 9.93. The topological polar surface area (TPSA) is 21.3 Å². The van der Waals surface area contributed by atoms with Crippen LogP contribution in [0.15, 0.2) is 296 Å². The molecule has 14 rings (SSSR count). The number of hydrogen-bond acceptors (Lipinski definition) is 2. The number of furan rings is 1. The van der Waals surface area contributed by atoms with E-state index in [4.69, 9.17) is 4.42 Å². The minimum Gasteiger partial charge on any atom is -0.455 e. The van der Waals surface area contributed by atoms with Crippen LogP contribution < -0.4 is 4.90 Å². The van der Waals surface area contributed by atoms with Crippen LogP contribution >= 0.6 is 0 Å². The van der Waals surface area contributed by atoms with Crippen LogP contribution in [-0.2, 0) is 0 Å². The van der Waals surface area contributed by atoms with Crippen molar-refractivity contribution in [1.29, 1.82) is 0 Å². The molecule has 0 spiro atoms. The molecule has 3 heteroatoms. The second-order valence-corrected chi connectivity index (χ2v) is 19.2. The molecule has 0 bridgehead atoms. The first-order chi connectivity index (χ1) is 37.2. The van der Waals surface area contributed by atoms with Crippen LogP contribution in [0.2, 0.25) is 0 Å². The number of aromatic nitrogens is 1. The molecular weight excluding hydrogens is 909 g/mol. The molecule has 0 aliphatic rings. The van der Waals surface area contributed by atoms with Gasteiger partial charge in [0.1, 0.15) is 11.2 Å². The van der Waals surface area contributed by atoms with Crippen LogP contribution in [0.4, 0.5) is 17.1 Å². The fraction of sp³-hybridized carbons (Fsp3) is 0. The van der Waals surface area contributed by atoms with E-state index in [9.17, 15) is 0 Å². The Morgan fingerprint density at radius 2 is 0.653 bits per heavy atom. The second-order valence-electron chi connectivity index (χ2n) is 19.2. The van der Waals surface area contributed by atoms with E-state index in [1.165, 1.54) is 60.9 Å². The highest BCUT2D eigenvalue weighted by Gasteiger charge is 2.19. The van der Waals surface area contributed by atoms with E-state index in [2.05, 4.69) is 289 Å². The van der Waals surface area contributed by atoms with Gasteiger partial charge in [-0.1, -0.05) is 224 Å². The number of benzene rings is 12. The Labute approximate surface area is 436 Å². The lowest BCUT2D eigenvalue weighted by Gasteiger charge is -2.26. The van der Waals surface area contributed by atoms with Crippen LogP contribution in [-0.4, -0.2) is 4.57 Å². The fourth-order valence-electron chi connectivity index (χ4n) is 11.2. The first kappa shape index (κ1) is 43.8. The van der Waals surface area contributed by atoms with Gasteiger partial charge in [-0.3, -0.25) is 0 Å². The fourth-order valence-corrected chi connectivity index (χ4v) is 11.2. The highest BCUT2D eigenvalue weighted by atomic mass is 16.3. The SMILES string of the molecule is c1ccc(-c2cccc(-c3ccc(N(c4ccc(-c5ccc(-c6ccccc6-n6c7ccccc7c7ccccc76)cc5)cc4)c4ccc(-c5ccccc5-c5cccc6c5oc5ccccc56)cc4)cc3)c2)cc1. The minimum absolute atomic E-state index is 0.898. The zero-order valence-corrected chi connectivity index (χ0v) is 41.0. The standard InChI is InChI=1S/C72H48N2O/c1-2-16-49(17-3-1)55-18-14-19-56(48-55)52-38-44-58(45-39-52)73(59-46-40-53(41-47-59)60-20-4-5-22-62(60)66-26-15-27-67-65-25-9-13-31-71(65)75-72(66)67)57-42-36-51(37-43-57)50-32-34-54(35-33-50)61-21-6-10-28-68(61)74-69-29-11-7-23-63(69)64-24-8-12-30-70(64)74/h1-48H. The Morgan fingerprint density at radius 1 is 0.253 bits per heavy atom. The molecule has 2 aromatic heterocycles. The molecule has 0 fully saturated rings. The van der Waals surface area contributed by atoms with Crippen LogP contribution in [0, 0.1) is 0 Å². The number of anilines is 3. The number of fused-ring (bicyclic) bond motifs is 6. The maximum Gasteiger partial charge on any atom is 0.143 e. The van der Waals surface area contributed by atoms with E-state index < -0.39 is 0 Å². The molecule has 0 unspecified atom stereocenters. The molecule has 0 saturated heterocycles.